The highest BCUT2D eigenvalue weighted by Gasteiger charge is 2.24. The Morgan fingerprint density at radius 3 is 2.97 bits per heavy atom. The molecule has 4 heterocycles. The van der Waals surface area contributed by atoms with Gasteiger partial charge in [0.05, 0.1) is 25.1 Å². The lowest BCUT2D eigenvalue weighted by molar-refractivity contribution is -0.120. The van der Waals surface area contributed by atoms with Gasteiger partial charge in [-0.3, -0.25) is 4.79 Å². The maximum Gasteiger partial charge on any atom is 0.239 e. The maximum atomic E-state index is 12.6. The molecule has 2 saturated heterocycles. The lowest BCUT2D eigenvalue weighted by Gasteiger charge is -2.34. The van der Waals surface area contributed by atoms with E-state index in [1.807, 2.05) is 24.4 Å². The number of amides is 1. The van der Waals surface area contributed by atoms with Crippen molar-refractivity contribution >= 4 is 34.1 Å². The van der Waals surface area contributed by atoms with Crippen LogP contribution >= 0.6 is 0 Å². The molecule has 9 heteroatoms. The fourth-order valence-electron chi connectivity index (χ4n) is 4.49. The van der Waals surface area contributed by atoms with Crippen LogP contribution in [0.3, 0.4) is 0 Å². The number of fused-ring (bicyclic) bond motifs is 1. The summed E-state index contributed by atoms with van der Waals surface area (Å²) in [7, 11) is 0. The second-order valence-electron chi connectivity index (χ2n) is 8.29. The largest absolute Gasteiger partial charge is 0.378 e. The Morgan fingerprint density at radius 2 is 2.06 bits per heavy atom. The summed E-state index contributed by atoms with van der Waals surface area (Å²) < 4.78 is 5.43. The number of H-pyrrole nitrogens is 1. The number of hydrogen-bond acceptors (Lipinski definition) is 7. The SMILES string of the molecule is O=C(CNc1cccc(N2CCOCC2)c1)N[C@H]1CCCN(c2ncnc3[nH]ccc23)C1. The molecule has 5 rings (SSSR count). The zero-order chi connectivity index (χ0) is 21.8. The van der Waals surface area contributed by atoms with Crippen molar-refractivity contribution in [2.45, 2.75) is 18.9 Å². The van der Waals surface area contributed by atoms with E-state index in [4.69, 9.17) is 4.74 Å². The molecule has 1 amide bonds. The normalized spacial score (nSPS) is 19.2. The van der Waals surface area contributed by atoms with Gasteiger partial charge in [-0.1, -0.05) is 6.07 Å². The summed E-state index contributed by atoms with van der Waals surface area (Å²) in [6.45, 7) is 5.21. The smallest absolute Gasteiger partial charge is 0.239 e. The molecule has 32 heavy (non-hydrogen) atoms. The predicted molar refractivity (Wildman–Crippen MR) is 125 cm³/mol. The maximum absolute atomic E-state index is 12.6. The molecule has 2 fully saturated rings. The third-order valence-corrected chi connectivity index (χ3v) is 6.09. The first kappa shape index (κ1) is 20.6. The highest BCUT2D eigenvalue weighted by atomic mass is 16.5. The Labute approximate surface area is 187 Å². The Morgan fingerprint density at radius 1 is 1.16 bits per heavy atom. The first-order valence-corrected chi connectivity index (χ1v) is 11.3. The van der Waals surface area contributed by atoms with Gasteiger partial charge >= 0.3 is 0 Å². The minimum Gasteiger partial charge on any atom is -0.378 e. The second kappa shape index (κ2) is 9.44. The Bertz CT molecular complexity index is 1060. The zero-order valence-corrected chi connectivity index (χ0v) is 18.1. The van der Waals surface area contributed by atoms with Crippen molar-refractivity contribution in [3.8, 4) is 0 Å². The Hall–Kier alpha value is -3.33. The predicted octanol–water partition coefficient (Wildman–Crippen LogP) is 1.99. The van der Waals surface area contributed by atoms with Crippen molar-refractivity contribution in [3.63, 3.8) is 0 Å². The number of rotatable bonds is 6. The lowest BCUT2D eigenvalue weighted by Crippen LogP contribution is -2.49. The van der Waals surface area contributed by atoms with Gasteiger partial charge < -0.3 is 30.2 Å². The van der Waals surface area contributed by atoms with E-state index in [0.717, 1.165) is 80.5 Å². The zero-order valence-electron chi connectivity index (χ0n) is 18.1. The number of nitrogens with one attached hydrogen (secondary N) is 3. The fourth-order valence-corrected chi connectivity index (χ4v) is 4.49. The van der Waals surface area contributed by atoms with Crippen molar-refractivity contribution < 1.29 is 9.53 Å². The molecular formula is C23H29N7O2. The Kier molecular flexibility index (Phi) is 6.06. The average Bonchev–Trinajstić information content (AvgIpc) is 3.33. The topological polar surface area (TPSA) is 98.4 Å². The lowest BCUT2D eigenvalue weighted by atomic mass is 10.1. The van der Waals surface area contributed by atoms with Gasteiger partial charge in [0, 0.05) is 49.8 Å². The molecular weight excluding hydrogens is 406 g/mol. The van der Waals surface area contributed by atoms with Crippen molar-refractivity contribution in [1.82, 2.24) is 20.3 Å². The van der Waals surface area contributed by atoms with Crippen LogP contribution in [0.15, 0.2) is 42.9 Å². The quantitative estimate of drug-likeness (QED) is 0.545. The van der Waals surface area contributed by atoms with E-state index in [0.29, 0.717) is 0 Å². The number of anilines is 3. The van der Waals surface area contributed by atoms with Gasteiger partial charge in [-0.05, 0) is 37.1 Å². The molecule has 0 spiro atoms. The molecule has 0 bridgehead atoms. The average molecular weight is 436 g/mol. The summed E-state index contributed by atoms with van der Waals surface area (Å²) in [5, 5.41) is 7.47. The number of piperidine rings is 1. The third-order valence-electron chi connectivity index (χ3n) is 6.09. The van der Waals surface area contributed by atoms with Gasteiger partial charge in [0.15, 0.2) is 0 Å². The first-order chi connectivity index (χ1) is 15.8. The van der Waals surface area contributed by atoms with E-state index >= 15 is 0 Å². The van der Waals surface area contributed by atoms with Crippen LogP contribution in [-0.2, 0) is 9.53 Å². The number of benzene rings is 1. The van der Waals surface area contributed by atoms with Crippen molar-refractivity contribution in [3.05, 3.63) is 42.9 Å². The molecule has 2 aromatic heterocycles. The molecule has 1 aromatic carbocycles. The monoisotopic (exact) mass is 435 g/mol. The second-order valence-corrected chi connectivity index (χ2v) is 8.29. The molecule has 168 valence electrons. The number of aromatic nitrogens is 3. The minimum atomic E-state index is 0.00287. The molecule has 1 atom stereocenters. The minimum absolute atomic E-state index is 0.00287. The highest BCUT2D eigenvalue weighted by molar-refractivity contribution is 5.87. The number of carbonyl (C=O) groups excluding carboxylic acids is 1. The highest BCUT2D eigenvalue weighted by Crippen LogP contribution is 2.25. The number of morpholine rings is 1. The molecule has 3 N–H and O–H groups in total. The van der Waals surface area contributed by atoms with E-state index in [2.05, 4.69) is 47.5 Å². The van der Waals surface area contributed by atoms with Crippen LogP contribution in [0.25, 0.3) is 11.0 Å². The molecule has 3 aromatic rings. The standard InChI is InChI=1S/C23H29N7O2/c31-21(14-25-17-3-1-5-19(13-17)29-9-11-32-12-10-29)28-18-4-2-8-30(15-18)23-20-6-7-24-22(20)26-16-27-23/h1,3,5-7,13,16,18,25H,2,4,8-12,14-15H2,(H,28,31)(H,24,26,27)/t18-/m0/s1. The summed E-state index contributed by atoms with van der Waals surface area (Å²) in [5.41, 5.74) is 2.94. The summed E-state index contributed by atoms with van der Waals surface area (Å²) in [6, 6.07) is 10.3. The molecule has 9 nitrogen and oxygen atoms in total. The summed E-state index contributed by atoms with van der Waals surface area (Å²) >= 11 is 0. The van der Waals surface area contributed by atoms with Crippen molar-refractivity contribution in [2.75, 3.05) is 61.1 Å². The van der Waals surface area contributed by atoms with Gasteiger partial charge in [0.25, 0.3) is 0 Å². The molecule has 2 aliphatic heterocycles. The molecule has 0 aliphatic carbocycles. The van der Waals surface area contributed by atoms with Gasteiger partial charge in [-0.25, -0.2) is 9.97 Å². The number of ether oxygens (including phenoxy) is 1. The van der Waals surface area contributed by atoms with E-state index in [1.54, 1.807) is 6.33 Å². The van der Waals surface area contributed by atoms with E-state index < -0.39 is 0 Å². The van der Waals surface area contributed by atoms with Gasteiger partial charge in [0.2, 0.25) is 5.91 Å². The summed E-state index contributed by atoms with van der Waals surface area (Å²) in [6.07, 6.45) is 5.45. The Balaban J connectivity index is 1.15. The third kappa shape index (κ3) is 4.62. The molecule has 2 aliphatic rings. The molecule has 0 radical (unpaired) electrons. The first-order valence-electron chi connectivity index (χ1n) is 11.3. The van der Waals surface area contributed by atoms with Crippen LogP contribution in [0, 0.1) is 0 Å². The van der Waals surface area contributed by atoms with Crippen LogP contribution in [0.5, 0.6) is 0 Å². The number of carbonyl (C=O) groups is 1. The summed E-state index contributed by atoms with van der Waals surface area (Å²) in [5.74, 6) is 0.927. The van der Waals surface area contributed by atoms with E-state index in [9.17, 15) is 4.79 Å². The van der Waals surface area contributed by atoms with E-state index in [1.165, 1.54) is 0 Å². The molecule has 0 saturated carbocycles. The fraction of sp³-hybridized carbons (Fsp3) is 0.435. The van der Waals surface area contributed by atoms with E-state index in [-0.39, 0.29) is 18.5 Å². The van der Waals surface area contributed by atoms with Crippen LogP contribution in [0.4, 0.5) is 17.2 Å². The van der Waals surface area contributed by atoms with Crippen LogP contribution in [-0.4, -0.2) is 72.8 Å². The number of hydrogen-bond donors (Lipinski definition) is 3. The number of nitrogens with zero attached hydrogens (tertiary/aromatic N) is 4. The van der Waals surface area contributed by atoms with Gasteiger partial charge in [0.1, 0.15) is 17.8 Å². The van der Waals surface area contributed by atoms with Gasteiger partial charge in [-0.15, -0.1) is 0 Å². The molecule has 0 unspecified atom stereocenters. The number of aromatic amines is 1. The van der Waals surface area contributed by atoms with Gasteiger partial charge in [-0.2, -0.15) is 0 Å². The van der Waals surface area contributed by atoms with Crippen molar-refractivity contribution in [2.24, 2.45) is 0 Å². The van der Waals surface area contributed by atoms with Crippen molar-refractivity contribution in [1.29, 1.82) is 0 Å². The van der Waals surface area contributed by atoms with Crippen LogP contribution < -0.4 is 20.4 Å². The van der Waals surface area contributed by atoms with Crippen LogP contribution in [0.1, 0.15) is 12.8 Å². The van der Waals surface area contributed by atoms with Crippen LogP contribution in [0.2, 0.25) is 0 Å². The summed E-state index contributed by atoms with van der Waals surface area (Å²) in [4.78, 5) is 29.1.